The lowest BCUT2D eigenvalue weighted by Crippen LogP contribution is -2.09. The molecular formula is C23H16N4O2. The van der Waals surface area contributed by atoms with Gasteiger partial charge in [0, 0.05) is 0 Å². The van der Waals surface area contributed by atoms with Crippen molar-refractivity contribution in [1.82, 2.24) is 15.0 Å². The molecule has 0 bridgehead atoms. The van der Waals surface area contributed by atoms with Crippen LogP contribution in [-0.4, -0.2) is 21.0 Å². The average Bonchev–Trinajstić information content (AvgIpc) is 3.24. The summed E-state index contributed by atoms with van der Waals surface area (Å²) in [6, 6.07) is 26.3. The predicted molar refractivity (Wildman–Crippen MR) is 107 cm³/mol. The summed E-state index contributed by atoms with van der Waals surface area (Å²) in [6.07, 6.45) is 1.57. The van der Waals surface area contributed by atoms with Gasteiger partial charge in [-0.1, -0.05) is 59.8 Å². The van der Waals surface area contributed by atoms with Crippen LogP contribution in [0.2, 0.25) is 0 Å². The highest BCUT2D eigenvalue weighted by molar-refractivity contribution is 5.88. The van der Waals surface area contributed by atoms with Crippen LogP contribution >= 0.6 is 0 Å². The first kappa shape index (κ1) is 18.1. The highest BCUT2D eigenvalue weighted by Crippen LogP contribution is 2.23. The smallest absolute Gasteiger partial charge is 0.365 e. The fraction of sp³-hybridized carbons (Fsp3) is 0.0435. The van der Waals surface area contributed by atoms with E-state index in [0.29, 0.717) is 17.9 Å². The quantitative estimate of drug-likeness (QED) is 0.385. The van der Waals surface area contributed by atoms with Crippen molar-refractivity contribution in [3.8, 4) is 22.9 Å². The van der Waals surface area contributed by atoms with Crippen molar-refractivity contribution in [2.45, 2.75) is 6.54 Å². The molecule has 4 aromatic rings. The third kappa shape index (κ3) is 4.37. The van der Waals surface area contributed by atoms with Crippen LogP contribution in [0.3, 0.4) is 0 Å². The van der Waals surface area contributed by atoms with Crippen LogP contribution in [0.25, 0.3) is 11.1 Å². The van der Waals surface area contributed by atoms with E-state index in [1.54, 1.807) is 35.1 Å². The van der Waals surface area contributed by atoms with Crippen molar-refractivity contribution in [3.05, 3.63) is 102 Å². The van der Waals surface area contributed by atoms with Crippen molar-refractivity contribution >= 4 is 5.97 Å². The van der Waals surface area contributed by atoms with Gasteiger partial charge in [-0.05, 0) is 41.0 Å². The molecule has 1 heterocycles. The number of hydrogen-bond donors (Lipinski definition) is 0. The molecule has 0 aliphatic heterocycles. The molecule has 0 saturated carbocycles. The largest absolute Gasteiger partial charge is 0.422 e. The van der Waals surface area contributed by atoms with E-state index < -0.39 is 5.97 Å². The minimum absolute atomic E-state index is 0.150. The molecule has 0 fully saturated rings. The molecule has 6 nitrogen and oxygen atoms in total. The van der Waals surface area contributed by atoms with Gasteiger partial charge >= 0.3 is 5.97 Å². The van der Waals surface area contributed by atoms with E-state index in [-0.39, 0.29) is 5.69 Å². The van der Waals surface area contributed by atoms with E-state index in [2.05, 4.69) is 16.4 Å². The molecule has 0 aliphatic rings. The zero-order valence-corrected chi connectivity index (χ0v) is 15.4. The van der Waals surface area contributed by atoms with E-state index in [0.717, 1.165) is 16.7 Å². The van der Waals surface area contributed by atoms with E-state index in [9.17, 15) is 4.79 Å². The molecule has 0 amide bonds. The summed E-state index contributed by atoms with van der Waals surface area (Å²) in [4.78, 5) is 12.3. The van der Waals surface area contributed by atoms with Crippen LogP contribution in [0.1, 0.15) is 21.6 Å². The van der Waals surface area contributed by atoms with Crippen LogP contribution in [0.4, 0.5) is 0 Å². The number of hydrogen-bond acceptors (Lipinski definition) is 5. The van der Waals surface area contributed by atoms with Crippen molar-refractivity contribution in [3.63, 3.8) is 0 Å². The number of nitrogens with zero attached hydrogens (tertiary/aromatic N) is 4. The highest BCUT2D eigenvalue weighted by atomic mass is 16.5. The van der Waals surface area contributed by atoms with Crippen LogP contribution < -0.4 is 4.74 Å². The molecule has 6 heteroatoms. The third-order valence-electron chi connectivity index (χ3n) is 4.35. The van der Waals surface area contributed by atoms with E-state index in [1.807, 2.05) is 54.6 Å². The van der Waals surface area contributed by atoms with Gasteiger partial charge in [-0.25, -0.2) is 9.48 Å². The Labute approximate surface area is 167 Å². The number of carbonyl (C=O) groups is 1. The Balaban J connectivity index is 1.41. The van der Waals surface area contributed by atoms with Gasteiger partial charge in [0.2, 0.25) is 0 Å². The molecule has 0 aliphatic carbocycles. The molecule has 0 radical (unpaired) electrons. The second kappa shape index (κ2) is 8.19. The second-order valence-electron chi connectivity index (χ2n) is 6.39. The van der Waals surface area contributed by atoms with Gasteiger partial charge in [0.15, 0.2) is 5.69 Å². The molecule has 0 atom stereocenters. The molecule has 3 aromatic carbocycles. The zero-order chi connectivity index (χ0) is 20.1. The number of aromatic nitrogens is 3. The van der Waals surface area contributed by atoms with Gasteiger partial charge in [-0.2, -0.15) is 5.26 Å². The Bertz CT molecular complexity index is 1160. The number of rotatable bonds is 5. The molecule has 0 unspecified atom stereocenters. The number of benzene rings is 3. The lowest BCUT2D eigenvalue weighted by Gasteiger charge is -2.05. The van der Waals surface area contributed by atoms with Crippen LogP contribution in [0, 0.1) is 11.3 Å². The van der Waals surface area contributed by atoms with Crippen LogP contribution in [-0.2, 0) is 6.54 Å². The molecule has 0 spiro atoms. The monoisotopic (exact) mass is 380 g/mol. The van der Waals surface area contributed by atoms with Crippen LogP contribution in [0.15, 0.2) is 85.1 Å². The van der Waals surface area contributed by atoms with Gasteiger partial charge in [0.05, 0.1) is 24.4 Å². The normalized spacial score (nSPS) is 10.3. The van der Waals surface area contributed by atoms with Gasteiger partial charge in [0.25, 0.3) is 0 Å². The molecule has 140 valence electrons. The standard InChI is InChI=1S/C23H16N4O2/c24-14-17-6-8-19(9-7-17)20-10-12-21(13-11-20)29-23(28)22-16-27(26-25-22)15-18-4-2-1-3-5-18/h1-13,16H,15H2. The van der Waals surface area contributed by atoms with Gasteiger partial charge < -0.3 is 4.74 Å². The van der Waals surface area contributed by atoms with Crippen molar-refractivity contribution in [1.29, 1.82) is 5.26 Å². The lowest BCUT2D eigenvalue weighted by molar-refractivity contribution is 0.0728. The van der Waals surface area contributed by atoms with Gasteiger partial charge in [-0.15, -0.1) is 5.10 Å². The lowest BCUT2D eigenvalue weighted by atomic mass is 10.0. The third-order valence-corrected chi connectivity index (χ3v) is 4.35. The van der Waals surface area contributed by atoms with Gasteiger partial charge in [0.1, 0.15) is 5.75 Å². The Morgan fingerprint density at radius 2 is 1.59 bits per heavy atom. The fourth-order valence-electron chi connectivity index (χ4n) is 2.85. The Hall–Kier alpha value is -4.24. The van der Waals surface area contributed by atoms with Crippen molar-refractivity contribution < 1.29 is 9.53 Å². The maximum atomic E-state index is 12.3. The Morgan fingerprint density at radius 1 is 0.931 bits per heavy atom. The summed E-state index contributed by atoms with van der Waals surface area (Å²) in [6.45, 7) is 0.528. The first-order chi connectivity index (χ1) is 14.2. The minimum atomic E-state index is -0.560. The molecular weight excluding hydrogens is 364 g/mol. The summed E-state index contributed by atoms with van der Waals surface area (Å²) in [5.74, 6) is -0.138. The Kier molecular flexibility index (Phi) is 5.12. The molecule has 0 saturated heterocycles. The number of nitriles is 1. The van der Waals surface area contributed by atoms with Crippen molar-refractivity contribution in [2.75, 3.05) is 0 Å². The average molecular weight is 380 g/mol. The summed E-state index contributed by atoms with van der Waals surface area (Å²) in [7, 11) is 0. The van der Waals surface area contributed by atoms with E-state index in [1.165, 1.54) is 0 Å². The second-order valence-corrected chi connectivity index (χ2v) is 6.39. The topological polar surface area (TPSA) is 80.8 Å². The summed E-state index contributed by atoms with van der Waals surface area (Å²) in [5.41, 5.74) is 3.77. The first-order valence-electron chi connectivity index (χ1n) is 8.98. The number of ether oxygens (including phenoxy) is 1. The number of carbonyl (C=O) groups excluding carboxylic acids is 1. The van der Waals surface area contributed by atoms with Gasteiger partial charge in [-0.3, -0.25) is 0 Å². The molecule has 29 heavy (non-hydrogen) atoms. The minimum Gasteiger partial charge on any atom is -0.422 e. The summed E-state index contributed by atoms with van der Waals surface area (Å²) < 4.78 is 6.99. The maximum Gasteiger partial charge on any atom is 0.365 e. The first-order valence-corrected chi connectivity index (χ1v) is 8.98. The fourth-order valence-corrected chi connectivity index (χ4v) is 2.85. The molecule has 4 rings (SSSR count). The number of esters is 1. The Morgan fingerprint density at radius 3 is 2.24 bits per heavy atom. The zero-order valence-electron chi connectivity index (χ0n) is 15.4. The highest BCUT2D eigenvalue weighted by Gasteiger charge is 2.14. The molecule has 0 N–H and O–H groups in total. The van der Waals surface area contributed by atoms with Crippen LogP contribution in [0.5, 0.6) is 5.75 Å². The SMILES string of the molecule is N#Cc1ccc(-c2ccc(OC(=O)c3cn(Cc4ccccc4)nn3)cc2)cc1. The predicted octanol–water partition coefficient (Wildman–Crippen LogP) is 4.08. The summed E-state index contributed by atoms with van der Waals surface area (Å²) in [5, 5.41) is 16.8. The summed E-state index contributed by atoms with van der Waals surface area (Å²) >= 11 is 0. The van der Waals surface area contributed by atoms with Crippen molar-refractivity contribution in [2.24, 2.45) is 0 Å². The maximum absolute atomic E-state index is 12.3. The van der Waals surface area contributed by atoms with E-state index >= 15 is 0 Å². The van der Waals surface area contributed by atoms with E-state index in [4.69, 9.17) is 10.00 Å². The molecule has 1 aromatic heterocycles.